The minimum atomic E-state index is -0.325. The number of carbonyl (C=O) groups excluding carboxylic acids is 1. The first-order valence-corrected chi connectivity index (χ1v) is 10.0. The molecule has 0 aliphatic carbocycles. The van der Waals surface area contributed by atoms with Gasteiger partial charge in [0.1, 0.15) is 11.0 Å². The summed E-state index contributed by atoms with van der Waals surface area (Å²) < 4.78 is 3.28. The molecule has 1 amide bonds. The lowest BCUT2D eigenvalue weighted by molar-refractivity contribution is -0.111. The smallest absolute Gasteiger partial charge is 0.249 e. The second-order valence-electron chi connectivity index (χ2n) is 6.70. The average molecular weight is 443 g/mol. The summed E-state index contributed by atoms with van der Waals surface area (Å²) in [5.41, 5.74) is 3.16. The van der Waals surface area contributed by atoms with E-state index in [1.54, 1.807) is 21.5 Å². The number of carbonyl (C=O) groups is 1. The van der Waals surface area contributed by atoms with E-state index in [9.17, 15) is 4.79 Å². The number of amides is 1. The fraction of sp³-hybridized carbons (Fsp3) is 0.238. The van der Waals surface area contributed by atoms with Crippen molar-refractivity contribution < 1.29 is 4.79 Å². The molecule has 3 rings (SSSR count). The van der Waals surface area contributed by atoms with Crippen molar-refractivity contribution in [1.82, 2.24) is 19.6 Å². The van der Waals surface area contributed by atoms with Crippen LogP contribution in [0.5, 0.6) is 0 Å². The van der Waals surface area contributed by atoms with Gasteiger partial charge >= 0.3 is 0 Å². The zero-order chi connectivity index (χ0) is 21.7. The molecule has 0 radical (unpaired) electrons. The first kappa shape index (κ1) is 21.6. The molecule has 2 aromatic heterocycles. The zero-order valence-electron chi connectivity index (χ0n) is 16.6. The Kier molecular flexibility index (Phi) is 6.93. The SMILES string of the molecule is Cc1cc(NC(=O)/C=C/c2c(C)nn(Cc3ccc(Cl)cc3)c2Cl)n(CCC#N)n1. The summed E-state index contributed by atoms with van der Waals surface area (Å²) in [5.74, 6) is 0.215. The molecular weight excluding hydrogens is 423 g/mol. The molecule has 7 nitrogen and oxygen atoms in total. The predicted molar refractivity (Wildman–Crippen MR) is 117 cm³/mol. The summed E-state index contributed by atoms with van der Waals surface area (Å²) >= 11 is 12.4. The predicted octanol–water partition coefficient (Wildman–Crippen LogP) is 4.62. The first-order chi connectivity index (χ1) is 14.4. The summed E-state index contributed by atoms with van der Waals surface area (Å²) in [6.07, 6.45) is 3.35. The Morgan fingerprint density at radius 3 is 2.63 bits per heavy atom. The second-order valence-corrected chi connectivity index (χ2v) is 7.49. The molecule has 0 bridgehead atoms. The Balaban J connectivity index is 1.72. The van der Waals surface area contributed by atoms with Crippen molar-refractivity contribution in [1.29, 1.82) is 5.26 Å². The molecule has 30 heavy (non-hydrogen) atoms. The van der Waals surface area contributed by atoms with Gasteiger partial charge in [-0.05, 0) is 37.6 Å². The van der Waals surface area contributed by atoms with Crippen LogP contribution in [0.2, 0.25) is 10.2 Å². The number of halogens is 2. The van der Waals surface area contributed by atoms with E-state index in [4.69, 9.17) is 28.5 Å². The highest BCUT2D eigenvalue weighted by Crippen LogP contribution is 2.23. The Hall–Kier alpha value is -3.08. The fourth-order valence-corrected chi connectivity index (χ4v) is 3.35. The molecule has 154 valence electrons. The Labute approximate surface area is 184 Å². The number of hydrogen-bond donors (Lipinski definition) is 1. The van der Waals surface area contributed by atoms with Gasteiger partial charge in [-0.15, -0.1) is 0 Å². The Bertz CT molecular complexity index is 1120. The van der Waals surface area contributed by atoms with Crippen LogP contribution in [-0.2, 0) is 17.9 Å². The van der Waals surface area contributed by atoms with Gasteiger partial charge < -0.3 is 5.32 Å². The molecular formula is C21H20Cl2N6O. The van der Waals surface area contributed by atoms with Crippen LogP contribution in [0.3, 0.4) is 0 Å². The van der Waals surface area contributed by atoms with Gasteiger partial charge in [0.25, 0.3) is 0 Å². The Morgan fingerprint density at radius 1 is 1.20 bits per heavy atom. The van der Waals surface area contributed by atoms with Gasteiger partial charge in [0.2, 0.25) is 5.91 Å². The molecule has 1 aromatic carbocycles. The third-order valence-electron chi connectivity index (χ3n) is 4.35. The minimum Gasteiger partial charge on any atom is -0.307 e. The van der Waals surface area contributed by atoms with Crippen molar-refractivity contribution in [3.63, 3.8) is 0 Å². The highest BCUT2D eigenvalue weighted by Gasteiger charge is 2.13. The fourth-order valence-electron chi connectivity index (χ4n) is 2.92. The van der Waals surface area contributed by atoms with Crippen LogP contribution in [0, 0.1) is 25.2 Å². The minimum absolute atomic E-state index is 0.307. The molecule has 0 spiro atoms. The largest absolute Gasteiger partial charge is 0.307 e. The lowest BCUT2D eigenvalue weighted by atomic mass is 10.2. The van der Waals surface area contributed by atoms with E-state index in [0.29, 0.717) is 46.8 Å². The van der Waals surface area contributed by atoms with Crippen molar-refractivity contribution in [2.24, 2.45) is 0 Å². The highest BCUT2D eigenvalue weighted by molar-refractivity contribution is 6.31. The van der Waals surface area contributed by atoms with Crippen molar-refractivity contribution in [2.75, 3.05) is 5.32 Å². The van der Waals surface area contributed by atoms with Gasteiger partial charge in [-0.25, -0.2) is 9.36 Å². The number of aromatic nitrogens is 4. The van der Waals surface area contributed by atoms with Crippen LogP contribution < -0.4 is 5.32 Å². The van der Waals surface area contributed by atoms with Crippen molar-refractivity contribution in [3.8, 4) is 6.07 Å². The van der Waals surface area contributed by atoms with E-state index in [0.717, 1.165) is 11.3 Å². The number of benzene rings is 1. The van der Waals surface area contributed by atoms with Gasteiger partial charge in [0, 0.05) is 22.7 Å². The third-order valence-corrected chi connectivity index (χ3v) is 5.00. The molecule has 9 heteroatoms. The summed E-state index contributed by atoms with van der Waals surface area (Å²) in [4.78, 5) is 12.4. The molecule has 2 heterocycles. The molecule has 0 atom stereocenters. The average Bonchev–Trinajstić information content (AvgIpc) is 3.18. The van der Waals surface area contributed by atoms with Gasteiger partial charge in [-0.1, -0.05) is 35.3 Å². The van der Waals surface area contributed by atoms with Crippen LogP contribution in [0.15, 0.2) is 36.4 Å². The quantitative estimate of drug-likeness (QED) is 0.540. The van der Waals surface area contributed by atoms with Crippen LogP contribution in [-0.4, -0.2) is 25.5 Å². The van der Waals surface area contributed by atoms with Crippen LogP contribution >= 0.6 is 23.2 Å². The van der Waals surface area contributed by atoms with Crippen molar-refractivity contribution in [3.05, 3.63) is 69.1 Å². The summed E-state index contributed by atoms with van der Waals surface area (Å²) in [5, 5.41) is 21.4. The highest BCUT2D eigenvalue weighted by atomic mass is 35.5. The van der Waals surface area contributed by atoms with Gasteiger partial charge in [0.05, 0.1) is 37.0 Å². The number of aryl methyl sites for hydroxylation is 3. The standard InChI is InChI=1S/C21H20Cl2N6O/c1-14-12-19(28(26-14)11-3-10-24)25-20(30)9-8-18-15(2)27-29(21(18)23)13-16-4-6-17(22)7-5-16/h4-9,12H,3,11,13H2,1-2H3,(H,25,30)/b9-8+. The normalized spacial score (nSPS) is 11.0. The van der Waals surface area contributed by atoms with Gasteiger partial charge in [-0.3, -0.25) is 4.79 Å². The molecule has 0 fully saturated rings. The number of nitrogens with zero attached hydrogens (tertiary/aromatic N) is 5. The van der Waals surface area contributed by atoms with E-state index in [1.165, 1.54) is 6.08 Å². The van der Waals surface area contributed by atoms with Crippen LogP contribution in [0.4, 0.5) is 5.82 Å². The lowest BCUT2D eigenvalue weighted by Gasteiger charge is -2.05. The number of anilines is 1. The summed E-state index contributed by atoms with van der Waals surface area (Å²) in [7, 11) is 0. The monoisotopic (exact) mass is 442 g/mol. The van der Waals surface area contributed by atoms with E-state index in [-0.39, 0.29) is 5.91 Å². The number of rotatable bonds is 7. The second kappa shape index (κ2) is 9.61. The molecule has 3 aromatic rings. The van der Waals surface area contributed by atoms with Gasteiger partial charge in [-0.2, -0.15) is 15.5 Å². The summed E-state index contributed by atoms with van der Waals surface area (Å²) in [6, 6.07) is 11.3. The van der Waals surface area contributed by atoms with E-state index in [2.05, 4.69) is 21.6 Å². The maximum Gasteiger partial charge on any atom is 0.249 e. The van der Waals surface area contributed by atoms with Gasteiger partial charge in [0.15, 0.2) is 0 Å². The molecule has 0 aliphatic rings. The number of nitriles is 1. The van der Waals surface area contributed by atoms with E-state index < -0.39 is 0 Å². The molecule has 0 aliphatic heterocycles. The summed E-state index contributed by atoms with van der Waals surface area (Å²) in [6.45, 7) is 4.56. The third kappa shape index (κ3) is 5.29. The maximum atomic E-state index is 12.4. The molecule has 0 unspecified atom stereocenters. The molecule has 1 N–H and O–H groups in total. The van der Waals surface area contributed by atoms with Crippen LogP contribution in [0.25, 0.3) is 6.08 Å². The first-order valence-electron chi connectivity index (χ1n) is 9.25. The topological polar surface area (TPSA) is 88.5 Å². The van der Waals surface area contributed by atoms with Crippen LogP contribution in [0.1, 0.15) is 28.9 Å². The molecule has 0 saturated carbocycles. The van der Waals surface area contributed by atoms with Crippen molar-refractivity contribution >= 4 is 41.0 Å². The van der Waals surface area contributed by atoms with E-state index >= 15 is 0 Å². The Morgan fingerprint density at radius 2 is 1.93 bits per heavy atom. The maximum absolute atomic E-state index is 12.4. The number of hydrogen-bond acceptors (Lipinski definition) is 4. The molecule has 0 saturated heterocycles. The van der Waals surface area contributed by atoms with Crippen molar-refractivity contribution in [2.45, 2.75) is 33.4 Å². The number of nitrogens with one attached hydrogen (secondary N) is 1. The zero-order valence-corrected chi connectivity index (χ0v) is 18.1. The lowest BCUT2D eigenvalue weighted by Crippen LogP contribution is -2.13. The van der Waals surface area contributed by atoms with E-state index in [1.807, 2.05) is 38.1 Å².